The molecule has 1 aromatic heterocycles. The number of hydrogen-bond acceptors (Lipinski definition) is 4. The smallest absolute Gasteiger partial charge is 0.216 e. The van der Waals surface area contributed by atoms with Gasteiger partial charge in [0.15, 0.2) is 0 Å². The molecule has 174 valence electrons. The third-order valence-corrected chi connectivity index (χ3v) is 7.12. The Hall–Kier alpha value is -3.99. The van der Waals surface area contributed by atoms with Gasteiger partial charge in [0.2, 0.25) is 5.95 Å². The van der Waals surface area contributed by atoms with Crippen molar-refractivity contribution in [1.82, 2.24) is 4.98 Å². The van der Waals surface area contributed by atoms with Crippen LogP contribution in [0, 0.1) is 5.95 Å². The van der Waals surface area contributed by atoms with Gasteiger partial charge >= 0.3 is 0 Å². The second-order valence-corrected chi connectivity index (χ2v) is 9.08. The molecule has 0 saturated carbocycles. The van der Waals surface area contributed by atoms with Gasteiger partial charge < -0.3 is 9.64 Å². The lowest BCUT2D eigenvalue weighted by Crippen LogP contribution is -2.38. The van der Waals surface area contributed by atoms with Crippen LogP contribution in [0.15, 0.2) is 96.1 Å². The standard InChI is InChI=1S/C30H26FN3O/c1-35-24-15-12-22(13-16-24)34-23-14-17-27(34)28-25(18-23)30(31)32-19-26(28)33-29(20-8-4-2-5-9-20)21-10-6-3-7-11-21/h2-13,15-16,19,23,27H,14,17-18H2,1H3/t23-,27+/m0/s1. The molecule has 0 aliphatic carbocycles. The van der Waals surface area contributed by atoms with Crippen molar-refractivity contribution in [2.45, 2.75) is 31.3 Å². The molecule has 2 aliphatic rings. The van der Waals surface area contributed by atoms with E-state index in [1.165, 1.54) is 0 Å². The van der Waals surface area contributed by atoms with Crippen molar-refractivity contribution in [3.8, 4) is 5.75 Å². The summed E-state index contributed by atoms with van der Waals surface area (Å²) in [5, 5.41) is 0. The van der Waals surface area contributed by atoms with E-state index in [1.54, 1.807) is 13.3 Å². The topological polar surface area (TPSA) is 37.7 Å². The summed E-state index contributed by atoms with van der Waals surface area (Å²) in [4.78, 5) is 11.7. The summed E-state index contributed by atoms with van der Waals surface area (Å²) in [6.07, 6.45) is 4.21. The Kier molecular flexibility index (Phi) is 5.53. The minimum absolute atomic E-state index is 0.0567. The summed E-state index contributed by atoms with van der Waals surface area (Å²) >= 11 is 0. The predicted octanol–water partition coefficient (Wildman–Crippen LogP) is 6.66. The molecule has 4 nitrogen and oxygen atoms in total. The molecule has 3 heterocycles. The van der Waals surface area contributed by atoms with Crippen molar-refractivity contribution in [2.75, 3.05) is 12.0 Å². The number of ether oxygens (including phenoxy) is 1. The quantitative estimate of drug-likeness (QED) is 0.245. The number of fused-ring (bicyclic) bond motifs is 4. The largest absolute Gasteiger partial charge is 0.497 e. The summed E-state index contributed by atoms with van der Waals surface area (Å²) in [5.74, 6) is 0.459. The van der Waals surface area contributed by atoms with E-state index >= 15 is 4.39 Å². The van der Waals surface area contributed by atoms with Crippen LogP contribution in [0.4, 0.5) is 15.8 Å². The van der Waals surface area contributed by atoms with E-state index in [2.05, 4.69) is 46.3 Å². The molecular formula is C30H26FN3O. The van der Waals surface area contributed by atoms with Crippen LogP contribution in [0.3, 0.4) is 0 Å². The Labute approximate surface area is 204 Å². The van der Waals surface area contributed by atoms with Gasteiger partial charge in [-0.15, -0.1) is 0 Å². The first-order valence-electron chi connectivity index (χ1n) is 12.0. The zero-order valence-electron chi connectivity index (χ0n) is 19.6. The van der Waals surface area contributed by atoms with Gasteiger partial charge in [-0.25, -0.2) is 9.98 Å². The molecule has 2 atom stereocenters. The van der Waals surface area contributed by atoms with Gasteiger partial charge in [0.25, 0.3) is 0 Å². The number of nitrogens with zero attached hydrogens (tertiary/aromatic N) is 3. The Balaban J connectivity index is 1.50. The lowest BCUT2D eigenvalue weighted by atomic mass is 9.92. The van der Waals surface area contributed by atoms with E-state index < -0.39 is 0 Å². The maximum atomic E-state index is 15.0. The molecule has 1 saturated heterocycles. The van der Waals surface area contributed by atoms with E-state index in [1.807, 2.05) is 48.5 Å². The molecule has 0 unspecified atom stereocenters. The number of halogens is 1. The molecule has 3 aromatic carbocycles. The molecular weight excluding hydrogens is 437 g/mol. The molecule has 0 radical (unpaired) electrons. The summed E-state index contributed by atoms with van der Waals surface area (Å²) in [6.45, 7) is 0. The van der Waals surface area contributed by atoms with Crippen LogP contribution in [0.25, 0.3) is 0 Å². The van der Waals surface area contributed by atoms with Gasteiger partial charge in [-0.1, -0.05) is 60.7 Å². The van der Waals surface area contributed by atoms with Crippen molar-refractivity contribution in [2.24, 2.45) is 4.99 Å². The number of pyridine rings is 1. The van der Waals surface area contributed by atoms with Gasteiger partial charge in [0.1, 0.15) is 5.75 Å². The minimum Gasteiger partial charge on any atom is -0.497 e. The first-order valence-corrected chi connectivity index (χ1v) is 12.0. The molecule has 0 N–H and O–H groups in total. The summed E-state index contributed by atoms with van der Waals surface area (Å²) in [6, 6.07) is 28.8. The van der Waals surface area contributed by atoms with Crippen LogP contribution in [0.1, 0.15) is 41.1 Å². The van der Waals surface area contributed by atoms with Crippen molar-refractivity contribution in [3.63, 3.8) is 0 Å². The Bertz CT molecular complexity index is 1330. The molecule has 0 amide bonds. The van der Waals surface area contributed by atoms with E-state index in [-0.39, 0.29) is 18.0 Å². The van der Waals surface area contributed by atoms with Gasteiger partial charge in [-0.2, -0.15) is 4.39 Å². The molecule has 2 aliphatic heterocycles. The zero-order valence-corrected chi connectivity index (χ0v) is 19.6. The van der Waals surface area contributed by atoms with E-state index in [0.29, 0.717) is 12.0 Å². The number of rotatable bonds is 5. The first-order chi connectivity index (χ1) is 17.2. The van der Waals surface area contributed by atoms with Crippen molar-refractivity contribution >= 4 is 17.1 Å². The Morgan fingerprint density at radius 1 is 0.914 bits per heavy atom. The highest BCUT2D eigenvalue weighted by Crippen LogP contribution is 2.49. The number of hydrogen-bond donors (Lipinski definition) is 0. The Morgan fingerprint density at radius 2 is 1.57 bits per heavy atom. The highest BCUT2D eigenvalue weighted by Gasteiger charge is 2.42. The van der Waals surface area contributed by atoms with Crippen molar-refractivity contribution in [3.05, 3.63) is 119 Å². The maximum absolute atomic E-state index is 15.0. The van der Waals surface area contributed by atoms with Crippen LogP contribution in [0.2, 0.25) is 0 Å². The minimum atomic E-state index is -0.369. The zero-order chi connectivity index (χ0) is 23.8. The average Bonchev–Trinajstić information content (AvgIpc) is 3.22. The third kappa shape index (κ3) is 3.87. The van der Waals surface area contributed by atoms with E-state index in [0.717, 1.165) is 52.4 Å². The number of benzene rings is 3. The van der Waals surface area contributed by atoms with Crippen molar-refractivity contribution in [1.29, 1.82) is 0 Å². The third-order valence-electron chi connectivity index (χ3n) is 7.12. The number of aromatic nitrogens is 1. The fourth-order valence-electron chi connectivity index (χ4n) is 5.54. The SMILES string of the molecule is COc1ccc(N2[C@H]3CC[C@@H]2c2c(N=C(c4ccccc4)c4ccccc4)cnc(F)c2C3)cc1. The summed E-state index contributed by atoms with van der Waals surface area (Å²) in [7, 11) is 1.67. The lowest BCUT2D eigenvalue weighted by molar-refractivity contribution is 0.414. The molecule has 4 aromatic rings. The van der Waals surface area contributed by atoms with Crippen LogP contribution < -0.4 is 9.64 Å². The fourth-order valence-corrected chi connectivity index (χ4v) is 5.54. The monoisotopic (exact) mass is 463 g/mol. The van der Waals surface area contributed by atoms with Gasteiger partial charge in [0.05, 0.1) is 30.7 Å². The van der Waals surface area contributed by atoms with Crippen LogP contribution in [0.5, 0.6) is 5.75 Å². The molecule has 6 rings (SSSR count). The van der Waals surface area contributed by atoms with Gasteiger partial charge in [0, 0.05) is 34.0 Å². The van der Waals surface area contributed by atoms with Crippen LogP contribution in [-0.4, -0.2) is 23.8 Å². The highest BCUT2D eigenvalue weighted by molar-refractivity contribution is 6.14. The molecule has 0 spiro atoms. The maximum Gasteiger partial charge on any atom is 0.216 e. The molecule has 1 fully saturated rings. The van der Waals surface area contributed by atoms with E-state index in [4.69, 9.17) is 9.73 Å². The molecule has 5 heteroatoms. The average molecular weight is 464 g/mol. The normalized spacial score (nSPS) is 18.2. The molecule has 2 bridgehead atoms. The fraction of sp³-hybridized carbons (Fsp3) is 0.200. The van der Waals surface area contributed by atoms with Crippen LogP contribution in [-0.2, 0) is 6.42 Å². The number of methoxy groups -OCH3 is 1. The summed E-state index contributed by atoms with van der Waals surface area (Å²) in [5.41, 5.74) is 6.44. The van der Waals surface area contributed by atoms with Gasteiger partial charge in [-0.05, 0) is 43.5 Å². The predicted molar refractivity (Wildman–Crippen MR) is 137 cm³/mol. The molecule has 35 heavy (non-hydrogen) atoms. The van der Waals surface area contributed by atoms with Gasteiger partial charge in [-0.3, -0.25) is 0 Å². The number of anilines is 1. The second-order valence-electron chi connectivity index (χ2n) is 9.08. The van der Waals surface area contributed by atoms with Crippen LogP contribution >= 0.6 is 0 Å². The van der Waals surface area contributed by atoms with Crippen molar-refractivity contribution < 1.29 is 9.13 Å². The Morgan fingerprint density at radius 3 is 2.20 bits per heavy atom. The highest BCUT2D eigenvalue weighted by atomic mass is 19.1. The summed E-state index contributed by atoms with van der Waals surface area (Å²) < 4.78 is 20.4. The van der Waals surface area contributed by atoms with E-state index in [9.17, 15) is 0 Å². The first kappa shape index (κ1) is 21.5. The lowest BCUT2D eigenvalue weighted by Gasteiger charge is -2.38. The number of aliphatic imine (C=N–C) groups is 1. The second kappa shape index (κ2) is 8.99.